The molecule has 0 aromatic heterocycles. The molecule has 0 radical (unpaired) electrons. The molecule has 6 rings (SSSR count). The highest BCUT2D eigenvalue weighted by Crippen LogP contribution is 2.46. The highest BCUT2D eigenvalue weighted by atomic mass is 16.5. The van der Waals surface area contributed by atoms with Crippen molar-refractivity contribution in [2.24, 2.45) is 0 Å². The number of amides is 2. The standard InChI is InChI=1S/C29H29N3O3/c1-35-25-13-7-6-12-24(25)30-16-18-31(19-17-30)29(34)26-22-10-4-5-11-23(22)28(33)32-15-14-20-8-2-3-9-21(20)27(26)32/h2-13,26-27H,14-19H2,1H3/t26-,27-/m1/s1. The monoisotopic (exact) mass is 467 g/mol. The van der Waals surface area contributed by atoms with Gasteiger partial charge < -0.3 is 19.4 Å². The summed E-state index contributed by atoms with van der Waals surface area (Å²) in [6, 6.07) is 23.7. The normalized spacial score (nSPS) is 21.2. The largest absolute Gasteiger partial charge is 0.495 e. The van der Waals surface area contributed by atoms with E-state index < -0.39 is 5.92 Å². The molecule has 178 valence electrons. The fourth-order valence-corrected chi connectivity index (χ4v) is 6.00. The molecule has 0 aliphatic carbocycles. The molecular weight excluding hydrogens is 438 g/mol. The smallest absolute Gasteiger partial charge is 0.254 e. The topological polar surface area (TPSA) is 53.1 Å². The molecule has 3 aliphatic heterocycles. The number of methoxy groups -OCH3 is 1. The van der Waals surface area contributed by atoms with E-state index in [4.69, 9.17) is 4.74 Å². The lowest BCUT2D eigenvalue weighted by Crippen LogP contribution is -2.54. The molecule has 6 nitrogen and oxygen atoms in total. The van der Waals surface area contributed by atoms with E-state index in [2.05, 4.69) is 23.1 Å². The predicted octanol–water partition coefficient (Wildman–Crippen LogP) is 3.88. The number of rotatable bonds is 3. The second-order valence-corrected chi connectivity index (χ2v) is 9.44. The number of benzene rings is 3. The lowest BCUT2D eigenvalue weighted by atomic mass is 9.75. The van der Waals surface area contributed by atoms with Gasteiger partial charge >= 0.3 is 0 Å². The van der Waals surface area contributed by atoms with E-state index in [1.165, 1.54) is 5.56 Å². The molecule has 3 aliphatic rings. The summed E-state index contributed by atoms with van der Waals surface area (Å²) in [5, 5.41) is 0. The number of nitrogens with zero attached hydrogens (tertiary/aromatic N) is 3. The van der Waals surface area contributed by atoms with Crippen molar-refractivity contribution in [3.8, 4) is 5.75 Å². The van der Waals surface area contributed by atoms with E-state index in [0.717, 1.165) is 42.1 Å². The minimum atomic E-state index is -0.400. The maximum absolute atomic E-state index is 14.2. The van der Waals surface area contributed by atoms with Gasteiger partial charge in [0.15, 0.2) is 0 Å². The van der Waals surface area contributed by atoms with Gasteiger partial charge in [-0.25, -0.2) is 0 Å². The molecule has 2 atom stereocenters. The van der Waals surface area contributed by atoms with Gasteiger partial charge in [-0.15, -0.1) is 0 Å². The third kappa shape index (κ3) is 3.55. The number of para-hydroxylation sites is 2. The van der Waals surface area contributed by atoms with Gasteiger partial charge in [-0.05, 0) is 41.3 Å². The van der Waals surface area contributed by atoms with Crippen molar-refractivity contribution in [3.63, 3.8) is 0 Å². The Bertz CT molecular complexity index is 1280. The van der Waals surface area contributed by atoms with Gasteiger partial charge in [0, 0.05) is 38.3 Å². The van der Waals surface area contributed by atoms with Crippen molar-refractivity contribution in [2.75, 3.05) is 44.7 Å². The summed E-state index contributed by atoms with van der Waals surface area (Å²) in [7, 11) is 1.69. The summed E-state index contributed by atoms with van der Waals surface area (Å²) in [4.78, 5) is 33.8. The van der Waals surface area contributed by atoms with Crippen LogP contribution in [0.5, 0.6) is 5.75 Å². The number of hydrogen-bond acceptors (Lipinski definition) is 4. The Labute approximate surface area is 205 Å². The molecular formula is C29H29N3O3. The predicted molar refractivity (Wildman–Crippen MR) is 135 cm³/mol. The van der Waals surface area contributed by atoms with E-state index in [1.807, 2.05) is 64.4 Å². The van der Waals surface area contributed by atoms with Crippen molar-refractivity contribution in [2.45, 2.75) is 18.4 Å². The molecule has 2 amide bonds. The van der Waals surface area contributed by atoms with Crippen LogP contribution < -0.4 is 9.64 Å². The SMILES string of the molecule is COc1ccccc1N1CCN(C(=O)[C@@H]2c3ccccc3C(=O)N3CCc4ccccc4[C@H]23)CC1. The molecule has 3 aromatic carbocycles. The van der Waals surface area contributed by atoms with Gasteiger partial charge in [0.25, 0.3) is 5.91 Å². The van der Waals surface area contributed by atoms with Gasteiger partial charge in [-0.3, -0.25) is 9.59 Å². The van der Waals surface area contributed by atoms with Crippen LogP contribution >= 0.6 is 0 Å². The zero-order valence-electron chi connectivity index (χ0n) is 19.9. The van der Waals surface area contributed by atoms with E-state index in [-0.39, 0.29) is 17.9 Å². The molecule has 0 bridgehead atoms. The molecule has 3 heterocycles. The van der Waals surface area contributed by atoms with Crippen LogP contribution in [0.25, 0.3) is 0 Å². The first-order valence-corrected chi connectivity index (χ1v) is 12.3. The number of fused-ring (bicyclic) bond motifs is 4. The summed E-state index contributed by atoms with van der Waals surface area (Å²) in [5.41, 5.74) is 4.91. The zero-order valence-corrected chi connectivity index (χ0v) is 19.9. The quantitative estimate of drug-likeness (QED) is 0.587. The lowest BCUT2D eigenvalue weighted by molar-refractivity contribution is -0.135. The van der Waals surface area contributed by atoms with Gasteiger partial charge in [-0.1, -0.05) is 54.6 Å². The fraction of sp³-hybridized carbons (Fsp3) is 0.310. The first-order valence-electron chi connectivity index (χ1n) is 12.3. The fourth-order valence-electron chi connectivity index (χ4n) is 6.00. The first-order chi connectivity index (χ1) is 17.2. The Morgan fingerprint density at radius 2 is 1.51 bits per heavy atom. The molecule has 1 saturated heterocycles. The molecule has 6 heteroatoms. The summed E-state index contributed by atoms with van der Waals surface area (Å²) in [6.45, 7) is 3.39. The van der Waals surface area contributed by atoms with Gasteiger partial charge in [0.2, 0.25) is 5.91 Å². The van der Waals surface area contributed by atoms with Crippen LogP contribution in [0.3, 0.4) is 0 Å². The van der Waals surface area contributed by atoms with E-state index >= 15 is 0 Å². The number of carbonyl (C=O) groups excluding carboxylic acids is 2. The lowest BCUT2D eigenvalue weighted by Gasteiger charge is -2.47. The Kier molecular flexibility index (Phi) is 5.44. The average Bonchev–Trinajstić information content (AvgIpc) is 2.93. The van der Waals surface area contributed by atoms with Crippen LogP contribution in [-0.2, 0) is 11.2 Å². The third-order valence-corrected chi connectivity index (χ3v) is 7.72. The van der Waals surface area contributed by atoms with Crippen molar-refractivity contribution in [3.05, 3.63) is 95.1 Å². The highest BCUT2D eigenvalue weighted by Gasteiger charge is 2.47. The Morgan fingerprint density at radius 3 is 2.31 bits per heavy atom. The number of anilines is 1. The van der Waals surface area contributed by atoms with Gasteiger partial charge in [0.1, 0.15) is 5.75 Å². The molecule has 3 aromatic rings. The Hall–Kier alpha value is -3.80. The molecule has 35 heavy (non-hydrogen) atoms. The summed E-state index contributed by atoms with van der Waals surface area (Å²) >= 11 is 0. The zero-order chi connectivity index (χ0) is 23.9. The van der Waals surface area contributed by atoms with E-state index in [9.17, 15) is 9.59 Å². The molecule has 0 unspecified atom stereocenters. The summed E-state index contributed by atoms with van der Waals surface area (Å²) in [6.07, 6.45) is 0.819. The average molecular weight is 468 g/mol. The summed E-state index contributed by atoms with van der Waals surface area (Å²) < 4.78 is 5.55. The van der Waals surface area contributed by atoms with Crippen LogP contribution in [-0.4, -0.2) is 61.4 Å². The number of ether oxygens (including phenoxy) is 1. The van der Waals surface area contributed by atoms with Crippen LogP contribution in [0.1, 0.15) is 39.0 Å². The van der Waals surface area contributed by atoms with Crippen molar-refractivity contribution >= 4 is 17.5 Å². The van der Waals surface area contributed by atoms with E-state index in [0.29, 0.717) is 25.2 Å². The highest BCUT2D eigenvalue weighted by molar-refractivity contribution is 6.01. The minimum Gasteiger partial charge on any atom is -0.495 e. The maximum atomic E-state index is 14.2. The van der Waals surface area contributed by atoms with Gasteiger partial charge in [0.05, 0.1) is 24.8 Å². The Morgan fingerprint density at radius 1 is 0.829 bits per heavy atom. The molecule has 0 spiro atoms. The van der Waals surface area contributed by atoms with Crippen LogP contribution in [0.2, 0.25) is 0 Å². The summed E-state index contributed by atoms with van der Waals surface area (Å²) in [5.74, 6) is 0.589. The van der Waals surface area contributed by atoms with Crippen molar-refractivity contribution < 1.29 is 14.3 Å². The Balaban J connectivity index is 1.32. The van der Waals surface area contributed by atoms with Crippen LogP contribution in [0.4, 0.5) is 5.69 Å². The first kappa shape index (κ1) is 21.7. The molecule has 1 fully saturated rings. The van der Waals surface area contributed by atoms with E-state index in [1.54, 1.807) is 7.11 Å². The third-order valence-electron chi connectivity index (χ3n) is 7.72. The number of hydrogen-bond donors (Lipinski definition) is 0. The van der Waals surface area contributed by atoms with Crippen LogP contribution in [0.15, 0.2) is 72.8 Å². The van der Waals surface area contributed by atoms with Crippen molar-refractivity contribution in [1.29, 1.82) is 0 Å². The molecule has 0 N–H and O–H groups in total. The minimum absolute atomic E-state index is 0.0325. The van der Waals surface area contributed by atoms with Crippen molar-refractivity contribution in [1.82, 2.24) is 9.80 Å². The molecule has 0 saturated carbocycles. The second-order valence-electron chi connectivity index (χ2n) is 9.44. The van der Waals surface area contributed by atoms with Crippen LogP contribution in [0, 0.1) is 0 Å². The number of carbonyl (C=O) groups is 2. The number of piperazine rings is 1. The maximum Gasteiger partial charge on any atom is 0.254 e. The second kappa shape index (κ2) is 8.77. The van der Waals surface area contributed by atoms with Gasteiger partial charge in [-0.2, -0.15) is 0 Å².